The van der Waals surface area contributed by atoms with Gasteiger partial charge in [-0.15, -0.1) is 0 Å². The van der Waals surface area contributed by atoms with Crippen molar-refractivity contribution in [2.45, 2.75) is 19.9 Å². The third-order valence-electron chi connectivity index (χ3n) is 3.14. The fourth-order valence-electron chi connectivity index (χ4n) is 2.11. The standard InChI is InChI=1S/C13H18N2O/c1-10-5-3-4-6-12(10)13(16)15-8-7-14-9-11(15)2/h3-6,11,14H,7-9H2,1-2H3. The number of amides is 1. The monoisotopic (exact) mass is 218 g/mol. The Hall–Kier alpha value is -1.35. The molecule has 1 aliphatic heterocycles. The van der Waals surface area contributed by atoms with Crippen LogP contribution in [0.1, 0.15) is 22.8 Å². The summed E-state index contributed by atoms with van der Waals surface area (Å²) in [7, 11) is 0. The molecule has 1 heterocycles. The quantitative estimate of drug-likeness (QED) is 0.773. The fraction of sp³-hybridized carbons (Fsp3) is 0.462. The van der Waals surface area contributed by atoms with Crippen LogP contribution in [0.25, 0.3) is 0 Å². The lowest BCUT2D eigenvalue weighted by atomic mass is 10.1. The second kappa shape index (κ2) is 4.66. The van der Waals surface area contributed by atoms with Gasteiger partial charge in [0.2, 0.25) is 0 Å². The Morgan fingerprint density at radius 2 is 2.19 bits per heavy atom. The van der Waals surface area contributed by atoms with E-state index >= 15 is 0 Å². The lowest BCUT2D eigenvalue weighted by Crippen LogP contribution is -2.52. The van der Waals surface area contributed by atoms with Crippen molar-refractivity contribution in [1.82, 2.24) is 10.2 Å². The van der Waals surface area contributed by atoms with Crippen LogP contribution in [0.5, 0.6) is 0 Å². The number of nitrogens with one attached hydrogen (secondary N) is 1. The van der Waals surface area contributed by atoms with Gasteiger partial charge < -0.3 is 10.2 Å². The number of piperazine rings is 1. The smallest absolute Gasteiger partial charge is 0.254 e. The minimum atomic E-state index is 0.159. The molecular weight excluding hydrogens is 200 g/mol. The molecule has 0 saturated carbocycles. The number of hydrogen-bond donors (Lipinski definition) is 1. The lowest BCUT2D eigenvalue weighted by Gasteiger charge is -2.34. The molecule has 0 aromatic heterocycles. The van der Waals surface area contributed by atoms with E-state index in [2.05, 4.69) is 12.2 Å². The number of aryl methyl sites for hydroxylation is 1. The normalized spacial score (nSPS) is 20.9. The molecule has 0 radical (unpaired) electrons. The predicted molar refractivity (Wildman–Crippen MR) is 64.5 cm³/mol. The zero-order chi connectivity index (χ0) is 11.5. The molecule has 3 nitrogen and oxygen atoms in total. The van der Waals surface area contributed by atoms with E-state index in [1.807, 2.05) is 36.1 Å². The van der Waals surface area contributed by atoms with Crippen molar-refractivity contribution in [1.29, 1.82) is 0 Å². The molecule has 1 aromatic carbocycles. The molecule has 3 heteroatoms. The second-order valence-electron chi connectivity index (χ2n) is 4.37. The van der Waals surface area contributed by atoms with Gasteiger partial charge in [-0.1, -0.05) is 18.2 Å². The Bertz CT molecular complexity index is 389. The maximum absolute atomic E-state index is 12.3. The minimum absolute atomic E-state index is 0.159. The molecule has 1 unspecified atom stereocenters. The molecule has 0 spiro atoms. The highest BCUT2D eigenvalue weighted by Crippen LogP contribution is 2.13. The van der Waals surface area contributed by atoms with Crippen LogP contribution < -0.4 is 5.32 Å². The van der Waals surface area contributed by atoms with Crippen LogP contribution in [0, 0.1) is 6.92 Å². The van der Waals surface area contributed by atoms with E-state index in [1.54, 1.807) is 0 Å². The van der Waals surface area contributed by atoms with Crippen molar-refractivity contribution in [2.75, 3.05) is 19.6 Å². The Kier molecular flexibility index (Phi) is 3.25. The maximum atomic E-state index is 12.3. The summed E-state index contributed by atoms with van der Waals surface area (Å²) >= 11 is 0. The van der Waals surface area contributed by atoms with Gasteiger partial charge in [0.1, 0.15) is 0 Å². The van der Waals surface area contributed by atoms with Crippen molar-refractivity contribution < 1.29 is 4.79 Å². The van der Waals surface area contributed by atoms with E-state index in [0.29, 0.717) is 0 Å². The Labute approximate surface area is 96.5 Å². The van der Waals surface area contributed by atoms with Crippen LogP contribution in [0.4, 0.5) is 0 Å². The van der Waals surface area contributed by atoms with Crippen LogP contribution in [-0.2, 0) is 0 Å². The largest absolute Gasteiger partial charge is 0.333 e. The Morgan fingerprint density at radius 1 is 1.44 bits per heavy atom. The van der Waals surface area contributed by atoms with Crippen LogP contribution in [-0.4, -0.2) is 36.5 Å². The van der Waals surface area contributed by atoms with Crippen LogP contribution in [0.2, 0.25) is 0 Å². The van der Waals surface area contributed by atoms with Crippen molar-refractivity contribution >= 4 is 5.91 Å². The molecule has 0 aliphatic carbocycles. The van der Waals surface area contributed by atoms with Crippen molar-refractivity contribution in [2.24, 2.45) is 0 Å². The molecule has 1 saturated heterocycles. The lowest BCUT2D eigenvalue weighted by molar-refractivity contribution is 0.0655. The van der Waals surface area contributed by atoms with Gasteiger partial charge >= 0.3 is 0 Å². The van der Waals surface area contributed by atoms with E-state index in [-0.39, 0.29) is 11.9 Å². The first kappa shape index (κ1) is 11.1. The minimum Gasteiger partial charge on any atom is -0.333 e. The zero-order valence-corrected chi connectivity index (χ0v) is 9.86. The highest BCUT2D eigenvalue weighted by molar-refractivity contribution is 5.95. The van der Waals surface area contributed by atoms with Gasteiger partial charge in [-0.3, -0.25) is 4.79 Å². The third kappa shape index (κ3) is 2.09. The maximum Gasteiger partial charge on any atom is 0.254 e. The summed E-state index contributed by atoms with van der Waals surface area (Å²) in [5.74, 6) is 0.159. The summed E-state index contributed by atoms with van der Waals surface area (Å²) in [5, 5.41) is 3.29. The molecule has 2 rings (SSSR count). The highest BCUT2D eigenvalue weighted by Gasteiger charge is 2.24. The Morgan fingerprint density at radius 3 is 2.88 bits per heavy atom. The van der Waals surface area contributed by atoms with Crippen molar-refractivity contribution in [3.05, 3.63) is 35.4 Å². The van der Waals surface area contributed by atoms with Gasteiger partial charge in [0.15, 0.2) is 0 Å². The van der Waals surface area contributed by atoms with Crippen LogP contribution >= 0.6 is 0 Å². The van der Waals surface area contributed by atoms with Gasteiger partial charge in [0.05, 0.1) is 0 Å². The molecule has 1 N–H and O–H groups in total. The molecular formula is C13H18N2O. The fourth-order valence-corrected chi connectivity index (χ4v) is 2.11. The average molecular weight is 218 g/mol. The van der Waals surface area contributed by atoms with E-state index in [0.717, 1.165) is 30.8 Å². The number of rotatable bonds is 1. The summed E-state index contributed by atoms with van der Waals surface area (Å²) in [6, 6.07) is 8.06. The van der Waals surface area contributed by atoms with Gasteiger partial charge in [-0.25, -0.2) is 0 Å². The Balaban J connectivity index is 2.21. The van der Waals surface area contributed by atoms with Gasteiger partial charge in [0.25, 0.3) is 5.91 Å². The first-order valence-corrected chi connectivity index (χ1v) is 5.77. The summed E-state index contributed by atoms with van der Waals surface area (Å²) in [4.78, 5) is 14.3. The third-order valence-corrected chi connectivity index (χ3v) is 3.14. The van der Waals surface area contributed by atoms with E-state index < -0.39 is 0 Å². The number of carbonyl (C=O) groups excluding carboxylic acids is 1. The van der Waals surface area contributed by atoms with Crippen LogP contribution in [0.3, 0.4) is 0 Å². The van der Waals surface area contributed by atoms with Gasteiger partial charge in [-0.05, 0) is 25.5 Å². The molecule has 1 amide bonds. The molecule has 16 heavy (non-hydrogen) atoms. The van der Waals surface area contributed by atoms with E-state index in [9.17, 15) is 4.79 Å². The number of nitrogens with zero attached hydrogens (tertiary/aromatic N) is 1. The molecule has 1 aliphatic rings. The van der Waals surface area contributed by atoms with Gasteiger partial charge in [-0.2, -0.15) is 0 Å². The molecule has 86 valence electrons. The average Bonchev–Trinajstić information content (AvgIpc) is 2.29. The van der Waals surface area contributed by atoms with E-state index in [1.165, 1.54) is 0 Å². The van der Waals surface area contributed by atoms with Crippen molar-refractivity contribution in [3.63, 3.8) is 0 Å². The van der Waals surface area contributed by atoms with E-state index in [4.69, 9.17) is 0 Å². The second-order valence-corrected chi connectivity index (χ2v) is 4.37. The summed E-state index contributed by atoms with van der Waals surface area (Å²) in [6.45, 7) is 6.65. The first-order valence-electron chi connectivity index (χ1n) is 5.77. The highest BCUT2D eigenvalue weighted by atomic mass is 16.2. The molecule has 1 atom stereocenters. The first-order chi connectivity index (χ1) is 7.70. The molecule has 1 aromatic rings. The zero-order valence-electron chi connectivity index (χ0n) is 9.86. The number of carbonyl (C=O) groups is 1. The summed E-state index contributed by atoms with van der Waals surface area (Å²) < 4.78 is 0. The summed E-state index contributed by atoms with van der Waals surface area (Å²) in [6.07, 6.45) is 0. The number of benzene rings is 1. The summed E-state index contributed by atoms with van der Waals surface area (Å²) in [5.41, 5.74) is 1.88. The molecule has 0 bridgehead atoms. The van der Waals surface area contributed by atoms with Crippen LogP contribution in [0.15, 0.2) is 24.3 Å². The number of hydrogen-bond acceptors (Lipinski definition) is 2. The predicted octanol–water partition coefficient (Wildman–Crippen LogP) is 1.43. The SMILES string of the molecule is Cc1ccccc1C(=O)N1CCNCC1C. The molecule has 1 fully saturated rings. The topological polar surface area (TPSA) is 32.3 Å². The van der Waals surface area contributed by atoms with Gasteiger partial charge in [0, 0.05) is 31.2 Å². The van der Waals surface area contributed by atoms with Crippen molar-refractivity contribution in [3.8, 4) is 0 Å².